The van der Waals surface area contributed by atoms with Crippen LogP contribution >= 0.6 is 0 Å². The zero-order valence-electron chi connectivity index (χ0n) is 10.1. The van der Waals surface area contributed by atoms with Crippen molar-refractivity contribution in [3.05, 3.63) is 23.8 Å². The van der Waals surface area contributed by atoms with Crippen LogP contribution in [0.4, 0.5) is 5.69 Å². The molecule has 2 rings (SSSR count). The van der Waals surface area contributed by atoms with E-state index in [4.69, 9.17) is 10.8 Å². The minimum atomic E-state index is -0.159. The molecule has 1 fully saturated rings. The van der Waals surface area contributed by atoms with Crippen molar-refractivity contribution in [3.8, 4) is 5.75 Å². The molecule has 2 unspecified atom stereocenters. The van der Waals surface area contributed by atoms with Gasteiger partial charge in [0.15, 0.2) is 0 Å². The largest absolute Gasteiger partial charge is 0.508 e. The highest BCUT2D eigenvalue weighted by atomic mass is 16.3. The van der Waals surface area contributed by atoms with Gasteiger partial charge < -0.3 is 20.8 Å². The summed E-state index contributed by atoms with van der Waals surface area (Å²) in [6.07, 6.45) is 1.01. The second kappa shape index (κ2) is 4.94. The molecule has 1 aromatic carbocycles. The SMILES string of the molecule is CC(N)c1ccc(N2CCC(CO)C2)cc1O. The van der Waals surface area contributed by atoms with Crippen LogP contribution in [0.25, 0.3) is 0 Å². The first-order valence-corrected chi connectivity index (χ1v) is 6.06. The first kappa shape index (κ1) is 12.2. The summed E-state index contributed by atoms with van der Waals surface area (Å²) in [5.74, 6) is 0.607. The van der Waals surface area contributed by atoms with Crippen LogP contribution in [-0.4, -0.2) is 29.9 Å². The molecule has 0 spiro atoms. The molecule has 1 aromatic rings. The third-order valence-electron chi connectivity index (χ3n) is 3.41. The smallest absolute Gasteiger partial charge is 0.122 e. The summed E-state index contributed by atoms with van der Waals surface area (Å²) in [7, 11) is 0. The van der Waals surface area contributed by atoms with Gasteiger partial charge in [0.25, 0.3) is 0 Å². The predicted octanol–water partition coefficient (Wildman–Crippen LogP) is 1.23. The number of aromatic hydroxyl groups is 1. The fourth-order valence-electron chi connectivity index (χ4n) is 2.33. The molecule has 1 aliphatic heterocycles. The third kappa shape index (κ3) is 2.53. The molecular weight excluding hydrogens is 216 g/mol. The van der Waals surface area contributed by atoms with Gasteiger partial charge in [0.2, 0.25) is 0 Å². The summed E-state index contributed by atoms with van der Waals surface area (Å²) in [5, 5.41) is 19.0. The van der Waals surface area contributed by atoms with Gasteiger partial charge in [-0.2, -0.15) is 0 Å². The minimum absolute atomic E-state index is 0.159. The molecule has 1 saturated heterocycles. The quantitative estimate of drug-likeness (QED) is 0.738. The highest BCUT2D eigenvalue weighted by Gasteiger charge is 2.22. The summed E-state index contributed by atoms with van der Waals surface area (Å²) in [6.45, 7) is 3.88. The van der Waals surface area contributed by atoms with Gasteiger partial charge in [-0.3, -0.25) is 0 Å². The average molecular weight is 236 g/mol. The molecule has 4 heteroatoms. The van der Waals surface area contributed by atoms with Crippen molar-refractivity contribution in [3.63, 3.8) is 0 Å². The van der Waals surface area contributed by atoms with Gasteiger partial charge in [0.05, 0.1) is 0 Å². The Kier molecular flexibility index (Phi) is 3.54. The van der Waals surface area contributed by atoms with Crippen LogP contribution in [0.2, 0.25) is 0 Å². The maximum atomic E-state index is 9.89. The monoisotopic (exact) mass is 236 g/mol. The van der Waals surface area contributed by atoms with Crippen molar-refractivity contribution in [2.75, 3.05) is 24.6 Å². The Balaban J connectivity index is 2.15. The van der Waals surface area contributed by atoms with Crippen LogP contribution in [0, 0.1) is 5.92 Å². The Morgan fingerprint density at radius 1 is 1.53 bits per heavy atom. The van der Waals surface area contributed by atoms with Gasteiger partial charge in [-0.25, -0.2) is 0 Å². The number of phenols is 1. The number of hydrogen-bond donors (Lipinski definition) is 3. The van der Waals surface area contributed by atoms with Gasteiger partial charge in [-0.15, -0.1) is 0 Å². The number of nitrogens with zero attached hydrogens (tertiary/aromatic N) is 1. The molecule has 2 atom stereocenters. The molecule has 0 aromatic heterocycles. The molecule has 1 aliphatic rings. The van der Waals surface area contributed by atoms with Gasteiger partial charge in [-0.05, 0) is 19.4 Å². The maximum absolute atomic E-state index is 9.89. The molecule has 0 bridgehead atoms. The second-order valence-corrected chi connectivity index (χ2v) is 4.82. The molecule has 0 aliphatic carbocycles. The molecule has 0 radical (unpaired) electrons. The van der Waals surface area contributed by atoms with Gasteiger partial charge in [0, 0.05) is 49.0 Å². The van der Waals surface area contributed by atoms with Crippen LogP contribution in [-0.2, 0) is 0 Å². The van der Waals surface area contributed by atoms with Crippen LogP contribution in [0.1, 0.15) is 24.9 Å². The Labute approximate surface area is 102 Å². The van der Waals surface area contributed by atoms with Gasteiger partial charge >= 0.3 is 0 Å². The van der Waals surface area contributed by atoms with E-state index >= 15 is 0 Å². The average Bonchev–Trinajstić information content (AvgIpc) is 2.76. The van der Waals surface area contributed by atoms with Crippen molar-refractivity contribution in [1.29, 1.82) is 0 Å². The summed E-state index contributed by atoms with van der Waals surface area (Å²) in [5.41, 5.74) is 7.53. The third-order valence-corrected chi connectivity index (χ3v) is 3.41. The lowest BCUT2D eigenvalue weighted by atomic mass is 10.1. The number of hydrogen-bond acceptors (Lipinski definition) is 4. The van der Waals surface area contributed by atoms with E-state index < -0.39 is 0 Å². The summed E-state index contributed by atoms with van der Waals surface area (Å²) in [4.78, 5) is 2.19. The molecule has 1 heterocycles. The van der Waals surface area contributed by atoms with E-state index in [0.717, 1.165) is 30.8 Å². The number of benzene rings is 1. The molecule has 4 N–H and O–H groups in total. The van der Waals surface area contributed by atoms with Crippen molar-refractivity contribution in [2.24, 2.45) is 11.7 Å². The Morgan fingerprint density at radius 2 is 2.29 bits per heavy atom. The molecule has 4 nitrogen and oxygen atoms in total. The first-order valence-electron chi connectivity index (χ1n) is 6.06. The lowest BCUT2D eigenvalue weighted by molar-refractivity contribution is 0.238. The van der Waals surface area contributed by atoms with E-state index in [1.807, 2.05) is 19.1 Å². The summed E-state index contributed by atoms with van der Waals surface area (Å²) in [6, 6.07) is 5.46. The highest BCUT2D eigenvalue weighted by Crippen LogP contribution is 2.30. The second-order valence-electron chi connectivity index (χ2n) is 4.82. The summed E-state index contributed by atoms with van der Waals surface area (Å²) >= 11 is 0. The topological polar surface area (TPSA) is 69.7 Å². The van der Waals surface area contributed by atoms with Crippen molar-refractivity contribution in [2.45, 2.75) is 19.4 Å². The van der Waals surface area contributed by atoms with Crippen molar-refractivity contribution >= 4 is 5.69 Å². The van der Waals surface area contributed by atoms with E-state index in [2.05, 4.69) is 4.90 Å². The van der Waals surface area contributed by atoms with Crippen molar-refractivity contribution < 1.29 is 10.2 Å². The maximum Gasteiger partial charge on any atom is 0.122 e. The Morgan fingerprint density at radius 3 is 2.82 bits per heavy atom. The lowest BCUT2D eigenvalue weighted by Crippen LogP contribution is -2.20. The number of aliphatic hydroxyl groups is 1. The number of anilines is 1. The zero-order chi connectivity index (χ0) is 12.4. The normalized spacial score (nSPS) is 21.8. The van der Waals surface area contributed by atoms with E-state index in [9.17, 15) is 5.11 Å². The molecule has 17 heavy (non-hydrogen) atoms. The van der Waals surface area contributed by atoms with E-state index in [0.29, 0.717) is 5.92 Å². The standard InChI is InChI=1S/C13H20N2O2/c1-9(14)12-3-2-11(6-13(12)17)15-5-4-10(7-15)8-16/h2-3,6,9-10,16-17H,4-5,7-8,14H2,1H3. The molecule has 0 saturated carbocycles. The first-order chi connectivity index (χ1) is 8.11. The zero-order valence-corrected chi connectivity index (χ0v) is 10.1. The summed E-state index contributed by atoms with van der Waals surface area (Å²) < 4.78 is 0. The number of nitrogens with two attached hydrogens (primary N) is 1. The molecular formula is C13H20N2O2. The lowest BCUT2D eigenvalue weighted by Gasteiger charge is -2.20. The number of rotatable bonds is 3. The Bertz CT molecular complexity index is 393. The molecule has 0 amide bonds. The van der Waals surface area contributed by atoms with Crippen LogP contribution in [0.3, 0.4) is 0 Å². The van der Waals surface area contributed by atoms with Crippen molar-refractivity contribution in [1.82, 2.24) is 0 Å². The van der Waals surface area contributed by atoms with Crippen LogP contribution in [0.5, 0.6) is 5.75 Å². The highest BCUT2D eigenvalue weighted by molar-refractivity contribution is 5.54. The van der Waals surface area contributed by atoms with E-state index in [1.54, 1.807) is 6.07 Å². The predicted molar refractivity (Wildman–Crippen MR) is 68.1 cm³/mol. The molecule has 94 valence electrons. The minimum Gasteiger partial charge on any atom is -0.508 e. The Hall–Kier alpha value is -1.26. The van der Waals surface area contributed by atoms with Gasteiger partial charge in [0.1, 0.15) is 5.75 Å². The van der Waals surface area contributed by atoms with E-state index in [1.165, 1.54) is 0 Å². The van der Waals surface area contributed by atoms with Crippen LogP contribution in [0.15, 0.2) is 18.2 Å². The fraction of sp³-hybridized carbons (Fsp3) is 0.538. The number of phenolic OH excluding ortho intramolecular Hbond substituents is 1. The van der Waals surface area contributed by atoms with Gasteiger partial charge in [-0.1, -0.05) is 6.07 Å². The van der Waals surface area contributed by atoms with Crippen LogP contribution < -0.4 is 10.6 Å². The van der Waals surface area contributed by atoms with E-state index in [-0.39, 0.29) is 18.4 Å². The fourth-order valence-corrected chi connectivity index (χ4v) is 2.33. The number of aliphatic hydroxyl groups excluding tert-OH is 1.